The van der Waals surface area contributed by atoms with E-state index >= 15 is 0 Å². The molecule has 2 amide bonds. The summed E-state index contributed by atoms with van der Waals surface area (Å²) in [4.78, 5) is 33.9. The molecule has 0 fully saturated rings. The van der Waals surface area contributed by atoms with Gasteiger partial charge in [0.25, 0.3) is 0 Å². The Morgan fingerprint density at radius 1 is 1.16 bits per heavy atom. The van der Waals surface area contributed by atoms with Crippen LogP contribution in [-0.4, -0.2) is 36.6 Å². The van der Waals surface area contributed by atoms with Crippen LogP contribution in [0, 0.1) is 0 Å². The SMILES string of the molecule is CCOC(=O)/C=C/C(=O)NC(=S)Nc1ccc(CCC(=O)NC)cc1. The second kappa shape index (κ2) is 10.9. The van der Waals surface area contributed by atoms with E-state index in [1.54, 1.807) is 26.1 Å². The quantitative estimate of drug-likeness (QED) is 0.384. The van der Waals surface area contributed by atoms with E-state index in [1.807, 2.05) is 12.1 Å². The molecule has 0 aliphatic rings. The number of carbonyl (C=O) groups is 3. The number of thiocarbonyl (C=S) groups is 1. The summed E-state index contributed by atoms with van der Waals surface area (Å²) in [5.74, 6) is -1.14. The Bertz CT molecular complexity index is 656. The molecule has 0 spiro atoms. The first-order valence-corrected chi connectivity index (χ1v) is 8.11. The van der Waals surface area contributed by atoms with Crippen LogP contribution in [0.5, 0.6) is 0 Å². The highest BCUT2D eigenvalue weighted by atomic mass is 32.1. The van der Waals surface area contributed by atoms with E-state index in [0.29, 0.717) is 18.5 Å². The number of esters is 1. The maximum atomic E-state index is 11.6. The zero-order valence-electron chi connectivity index (χ0n) is 14.1. The van der Waals surface area contributed by atoms with Gasteiger partial charge in [0.1, 0.15) is 0 Å². The fourth-order valence-corrected chi connectivity index (χ4v) is 2.01. The minimum atomic E-state index is -0.594. The summed E-state index contributed by atoms with van der Waals surface area (Å²) in [7, 11) is 1.60. The van der Waals surface area contributed by atoms with Crippen molar-refractivity contribution in [1.29, 1.82) is 0 Å². The van der Waals surface area contributed by atoms with Crippen molar-refractivity contribution < 1.29 is 19.1 Å². The minimum absolute atomic E-state index is 0.0121. The summed E-state index contributed by atoms with van der Waals surface area (Å²) < 4.78 is 4.67. The molecule has 0 atom stereocenters. The molecule has 8 heteroatoms. The van der Waals surface area contributed by atoms with Gasteiger partial charge in [-0.1, -0.05) is 12.1 Å². The Morgan fingerprint density at radius 3 is 2.44 bits per heavy atom. The smallest absolute Gasteiger partial charge is 0.330 e. The zero-order chi connectivity index (χ0) is 18.7. The molecule has 0 radical (unpaired) electrons. The van der Waals surface area contributed by atoms with Gasteiger partial charge >= 0.3 is 5.97 Å². The first-order chi connectivity index (χ1) is 11.9. The Hall–Kier alpha value is -2.74. The lowest BCUT2D eigenvalue weighted by atomic mass is 10.1. The molecule has 0 heterocycles. The van der Waals surface area contributed by atoms with Gasteiger partial charge in [0, 0.05) is 31.3 Å². The van der Waals surface area contributed by atoms with Crippen LogP contribution in [-0.2, 0) is 25.5 Å². The van der Waals surface area contributed by atoms with E-state index in [2.05, 4.69) is 20.7 Å². The van der Waals surface area contributed by atoms with E-state index < -0.39 is 11.9 Å². The lowest BCUT2D eigenvalue weighted by Gasteiger charge is -2.09. The molecule has 0 aromatic heterocycles. The summed E-state index contributed by atoms with van der Waals surface area (Å²) in [6, 6.07) is 7.34. The summed E-state index contributed by atoms with van der Waals surface area (Å²) in [6.45, 7) is 1.92. The van der Waals surface area contributed by atoms with Gasteiger partial charge in [-0.3, -0.25) is 14.9 Å². The van der Waals surface area contributed by atoms with E-state index in [1.165, 1.54) is 0 Å². The molecule has 0 saturated carbocycles. The number of hydrogen-bond acceptors (Lipinski definition) is 5. The number of hydrogen-bond donors (Lipinski definition) is 3. The summed E-state index contributed by atoms with van der Waals surface area (Å²) in [5.41, 5.74) is 1.71. The van der Waals surface area contributed by atoms with Crippen molar-refractivity contribution in [2.75, 3.05) is 19.0 Å². The van der Waals surface area contributed by atoms with Gasteiger partial charge in [-0.2, -0.15) is 0 Å². The molecule has 0 unspecified atom stereocenters. The number of aryl methyl sites for hydroxylation is 1. The summed E-state index contributed by atoms with van der Waals surface area (Å²) in [5, 5.41) is 7.96. The van der Waals surface area contributed by atoms with Crippen LogP contribution < -0.4 is 16.0 Å². The highest BCUT2D eigenvalue weighted by Crippen LogP contribution is 2.11. The van der Waals surface area contributed by atoms with Crippen LogP contribution in [0.3, 0.4) is 0 Å². The third kappa shape index (κ3) is 8.61. The predicted molar refractivity (Wildman–Crippen MR) is 99.0 cm³/mol. The summed E-state index contributed by atoms with van der Waals surface area (Å²) in [6.07, 6.45) is 3.14. The number of amides is 2. The Labute approximate surface area is 151 Å². The standard InChI is InChI=1S/C17H21N3O4S/c1-3-24-16(23)11-10-15(22)20-17(25)19-13-7-4-12(5-8-13)6-9-14(21)18-2/h4-5,7-8,10-11H,3,6,9H2,1-2H3,(H,18,21)(H2,19,20,22,25)/b11-10+. The highest BCUT2D eigenvalue weighted by molar-refractivity contribution is 7.80. The molecule has 1 aromatic carbocycles. The van der Waals surface area contributed by atoms with Crippen molar-refractivity contribution in [3.05, 3.63) is 42.0 Å². The highest BCUT2D eigenvalue weighted by Gasteiger charge is 2.04. The molecule has 25 heavy (non-hydrogen) atoms. The second-order valence-corrected chi connectivity index (χ2v) is 5.31. The van der Waals surface area contributed by atoms with Crippen molar-refractivity contribution in [1.82, 2.24) is 10.6 Å². The molecule has 0 bridgehead atoms. The monoisotopic (exact) mass is 363 g/mol. The molecule has 0 saturated heterocycles. The van der Waals surface area contributed by atoms with Crippen LogP contribution in [0.2, 0.25) is 0 Å². The molecule has 1 aromatic rings. The topological polar surface area (TPSA) is 96.5 Å². The Kier molecular flexibility index (Phi) is 8.87. The van der Waals surface area contributed by atoms with Gasteiger partial charge in [-0.25, -0.2) is 4.79 Å². The first kappa shape index (κ1) is 20.3. The van der Waals surface area contributed by atoms with Gasteiger partial charge in [-0.15, -0.1) is 0 Å². The number of anilines is 1. The number of ether oxygens (including phenoxy) is 1. The lowest BCUT2D eigenvalue weighted by molar-refractivity contribution is -0.137. The number of benzene rings is 1. The number of rotatable bonds is 7. The van der Waals surface area contributed by atoms with Crippen LogP contribution in [0.1, 0.15) is 18.9 Å². The van der Waals surface area contributed by atoms with Crippen LogP contribution >= 0.6 is 12.2 Å². The average molecular weight is 363 g/mol. The second-order valence-electron chi connectivity index (χ2n) is 4.90. The van der Waals surface area contributed by atoms with Gasteiger partial charge < -0.3 is 15.4 Å². The molecule has 0 aliphatic carbocycles. The van der Waals surface area contributed by atoms with Crippen LogP contribution in [0.4, 0.5) is 5.69 Å². The van der Waals surface area contributed by atoms with E-state index in [4.69, 9.17) is 12.2 Å². The van der Waals surface area contributed by atoms with Crippen molar-refractivity contribution >= 4 is 40.8 Å². The van der Waals surface area contributed by atoms with Gasteiger partial charge in [-0.05, 0) is 43.3 Å². The molecule has 3 N–H and O–H groups in total. The average Bonchev–Trinajstić information content (AvgIpc) is 2.59. The van der Waals surface area contributed by atoms with Gasteiger partial charge in [0.2, 0.25) is 11.8 Å². The fraction of sp³-hybridized carbons (Fsp3) is 0.294. The van der Waals surface area contributed by atoms with Crippen LogP contribution in [0.15, 0.2) is 36.4 Å². The molecule has 134 valence electrons. The van der Waals surface area contributed by atoms with E-state index in [-0.39, 0.29) is 17.6 Å². The summed E-state index contributed by atoms with van der Waals surface area (Å²) >= 11 is 5.03. The number of nitrogens with one attached hydrogen (secondary N) is 3. The van der Waals surface area contributed by atoms with Crippen molar-refractivity contribution in [3.8, 4) is 0 Å². The molecule has 0 aliphatic heterocycles. The largest absolute Gasteiger partial charge is 0.463 e. The van der Waals surface area contributed by atoms with E-state index in [0.717, 1.165) is 17.7 Å². The third-order valence-electron chi connectivity index (χ3n) is 3.03. The van der Waals surface area contributed by atoms with Crippen molar-refractivity contribution in [2.45, 2.75) is 19.8 Å². The van der Waals surface area contributed by atoms with Gasteiger partial charge in [0.05, 0.1) is 6.61 Å². The Balaban J connectivity index is 2.45. The molecule has 7 nitrogen and oxygen atoms in total. The number of carbonyl (C=O) groups excluding carboxylic acids is 3. The first-order valence-electron chi connectivity index (χ1n) is 7.71. The fourth-order valence-electron chi connectivity index (χ4n) is 1.79. The maximum Gasteiger partial charge on any atom is 0.330 e. The van der Waals surface area contributed by atoms with Gasteiger partial charge in [0.15, 0.2) is 5.11 Å². The minimum Gasteiger partial charge on any atom is -0.463 e. The van der Waals surface area contributed by atoms with Crippen molar-refractivity contribution in [2.24, 2.45) is 0 Å². The van der Waals surface area contributed by atoms with Crippen LogP contribution in [0.25, 0.3) is 0 Å². The third-order valence-corrected chi connectivity index (χ3v) is 3.23. The zero-order valence-corrected chi connectivity index (χ0v) is 14.9. The maximum absolute atomic E-state index is 11.6. The van der Waals surface area contributed by atoms with Crippen molar-refractivity contribution in [3.63, 3.8) is 0 Å². The molecular weight excluding hydrogens is 342 g/mol. The normalized spacial score (nSPS) is 10.2. The predicted octanol–water partition coefficient (Wildman–Crippen LogP) is 1.30. The lowest BCUT2D eigenvalue weighted by Crippen LogP contribution is -2.33. The molecule has 1 rings (SSSR count). The molecular formula is C17H21N3O4S. The van der Waals surface area contributed by atoms with E-state index in [9.17, 15) is 14.4 Å². The Morgan fingerprint density at radius 2 is 1.84 bits per heavy atom.